The lowest BCUT2D eigenvalue weighted by Gasteiger charge is -1.99. The molecule has 2 rings (SSSR count). The topological polar surface area (TPSA) is 59.4 Å². The van der Waals surface area contributed by atoms with Crippen LogP contribution < -0.4 is 0 Å². The molecule has 0 saturated heterocycles. The third-order valence-electron chi connectivity index (χ3n) is 2.03. The number of aliphatic hydroxyl groups excluding tert-OH is 1. The first-order chi connectivity index (χ1) is 6.81. The fourth-order valence-electron chi connectivity index (χ4n) is 1.12. The van der Waals surface area contributed by atoms with Crippen LogP contribution in [0.1, 0.15) is 18.5 Å². The molecule has 0 bridgehead atoms. The zero-order valence-electron chi connectivity index (χ0n) is 7.80. The van der Waals surface area contributed by atoms with Gasteiger partial charge in [-0.2, -0.15) is 0 Å². The molecule has 0 radical (unpaired) electrons. The van der Waals surface area contributed by atoms with E-state index in [2.05, 4.69) is 4.98 Å². The Balaban J connectivity index is 2.26. The van der Waals surface area contributed by atoms with Crippen LogP contribution in [-0.2, 0) is 0 Å². The number of hydrogen-bond acceptors (Lipinski definition) is 4. The number of aliphatic hydroxyl groups is 1. The maximum absolute atomic E-state index is 8.92. The normalized spacial score (nSPS) is 13.0. The molecule has 2 aromatic rings. The first-order valence-corrected chi connectivity index (χ1v) is 4.41. The van der Waals surface area contributed by atoms with Crippen molar-refractivity contribution in [1.82, 2.24) is 4.98 Å². The van der Waals surface area contributed by atoms with Crippen LogP contribution in [0, 0.1) is 0 Å². The molecule has 0 aromatic carbocycles. The molecular formula is C10H11NO3. The van der Waals surface area contributed by atoms with E-state index in [1.165, 1.54) is 0 Å². The average molecular weight is 193 g/mol. The molecule has 1 atom stereocenters. The summed E-state index contributed by atoms with van der Waals surface area (Å²) in [4.78, 5) is 4.20. The number of rotatable bonds is 3. The molecule has 0 aliphatic carbocycles. The van der Waals surface area contributed by atoms with Gasteiger partial charge in [0, 0.05) is 5.92 Å². The summed E-state index contributed by atoms with van der Waals surface area (Å²) in [6.45, 7) is 1.94. The van der Waals surface area contributed by atoms with Crippen molar-refractivity contribution in [3.05, 3.63) is 30.4 Å². The third kappa shape index (κ3) is 1.56. The van der Waals surface area contributed by atoms with Crippen molar-refractivity contribution in [2.24, 2.45) is 0 Å². The van der Waals surface area contributed by atoms with Crippen molar-refractivity contribution in [2.45, 2.75) is 12.8 Å². The minimum Gasteiger partial charge on any atom is -0.459 e. The van der Waals surface area contributed by atoms with Gasteiger partial charge in [0.25, 0.3) is 5.89 Å². The summed E-state index contributed by atoms with van der Waals surface area (Å²) in [7, 11) is 0. The molecule has 0 aliphatic heterocycles. The fourth-order valence-corrected chi connectivity index (χ4v) is 1.12. The van der Waals surface area contributed by atoms with Crippen molar-refractivity contribution in [3.63, 3.8) is 0 Å². The zero-order valence-corrected chi connectivity index (χ0v) is 7.80. The maximum atomic E-state index is 8.92. The molecule has 0 fully saturated rings. The van der Waals surface area contributed by atoms with Gasteiger partial charge >= 0.3 is 0 Å². The summed E-state index contributed by atoms with van der Waals surface area (Å²) >= 11 is 0. The summed E-state index contributed by atoms with van der Waals surface area (Å²) in [5, 5.41) is 8.92. The van der Waals surface area contributed by atoms with Gasteiger partial charge in [0.2, 0.25) is 0 Å². The monoisotopic (exact) mass is 193 g/mol. The van der Waals surface area contributed by atoms with Gasteiger partial charge in [0.15, 0.2) is 5.76 Å². The Hall–Kier alpha value is -1.55. The molecule has 1 N–H and O–H groups in total. The molecule has 4 nitrogen and oxygen atoms in total. The number of oxazole rings is 1. The van der Waals surface area contributed by atoms with Crippen LogP contribution in [0.5, 0.6) is 0 Å². The highest BCUT2D eigenvalue weighted by Crippen LogP contribution is 2.22. The molecule has 74 valence electrons. The molecule has 0 amide bonds. The number of aromatic nitrogens is 1. The van der Waals surface area contributed by atoms with E-state index in [1.807, 2.05) is 6.92 Å². The molecule has 4 heteroatoms. The zero-order chi connectivity index (χ0) is 9.97. The van der Waals surface area contributed by atoms with Crippen LogP contribution in [0.15, 0.2) is 33.5 Å². The molecule has 0 spiro atoms. The Labute approximate surface area is 81.2 Å². The van der Waals surface area contributed by atoms with Crippen LogP contribution in [-0.4, -0.2) is 16.7 Å². The van der Waals surface area contributed by atoms with Gasteiger partial charge in [-0.3, -0.25) is 0 Å². The highest BCUT2D eigenvalue weighted by molar-refractivity contribution is 5.43. The van der Waals surface area contributed by atoms with E-state index in [0.29, 0.717) is 11.7 Å². The van der Waals surface area contributed by atoms with Crippen molar-refractivity contribution in [3.8, 4) is 11.7 Å². The molecule has 0 aliphatic rings. The molecule has 14 heavy (non-hydrogen) atoms. The van der Waals surface area contributed by atoms with Gasteiger partial charge in [-0.25, -0.2) is 4.98 Å². The molecule has 0 saturated carbocycles. The van der Waals surface area contributed by atoms with E-state index in [-0.39, 0.29) is 12.5 Å². The van der Waals surface area contributed by atoms with Gasteiger partial charge in [0.05, 0.1) is 18.6 Å². The number of hydrogen-bond donors (Lipinski definition) is 1. The van der Waals surface area contributed by atoms with Crippen molar-refractivity contribution >= 4 is 0 Å². The Morgan fingerprint density at radius 3 is 3.00 bits per heavy atom. The summed E-state index contributed by atoms with van der Waals surface area (Å²) in [5.74, 6) is 1.04. The maximum Gasteiger partial charge on any atom is 0.262 e. The van der Waals surface area contributed by atoms with E-state index >= 15 is 0 Å². The van der Waals surface area contributed by atoms with E-state index < -0.39 is 0 Å². The molecular weight excluding hydrogens is 182 g/mol. The van der Waals surface area contributed by atoms with Crippen LogP contribution in [0.4, 0.5) is 0 Å². The van der Waals surface area contributed by atoms with Gasteiger partial charge in [-0.05, 0) is 12.1 Å². The first kappa shape index (κ1) is 9.02. The predicted octanol–water partition coefficient (Wildman–Crippen LogP) is 2.03. The Morgan fingerprint density at radius 1 is 1.50 bits per heavy atom. The largest absolute Gasteiger partial charge is 0.459 e. The number of nitrogens with zero attached hydrogens (tertiary/aromatic N) is 1. The van der Waals surface area contributed by atoms with Gasteiger partial charge in [-0.1, -0.05) is 6.92 Å². The minimum absolute atomic E-state index is 0.0116. The second kappa shape index (κ2) is 3.67. The predicted molar refractivity (Wildman–Crippen MR) is 49.7 cm³/mol. The van der Waals surface area contributed by atoms with Crippen molar-refractivity contribution in [2.75, 3.05) is 6.61 Å². The average Bonchev–Trinajstić information content (AvgIpc) is 2.86. The third-order valence-corrected chi connectivity index (χ3v) is 2.03. The Morgan fingerprint density at radius 2 is 2.36 bits per heavy atom. The highest BCUT2D eigenvalue weighted by Gasteiger charge is 2.12. The van der Waals surface area contributed by atoms with Crippen molar-refractivity contribution in [1.29, 1.82) is 0 Å². The fraction of sp³-hybridized carbons (Fsp3) is 0.300. The molecule has 2 aromatic heterocycles. The SMILES string of the molecule is CC(CO)c1coc(-c2ccco2)n1. The Kier molecular flexibility index (Phi) is 2.37. The summed E-state index contributed by atoms with van der Waals surface area (Å²) in [5.41, 5.74) is 0.735. The van der Waals surface area contributed by atoms with Gasteiger partial charge in [0.1, 0.15) is 6.26 Å². The lowest BCUT2D eigenvalue weighted by atomic mass is 10.1. The standard InChI is InChI=1S/C10H11NO3/c1-7(5-12)8-6-14-10(11-8)9-3-2-4-13-9/h2-4,6-7,12H,5H2,1H3. The second-order valence-corrected chi connectivity index (χ2v) is 3.14. The van der Waals surface area contributed by atoms with Crippen molar-refractivity contribution < 1.29 is 13.9 Å². The van der Waals surface area contributed by atoms with E-state index in [1.54, 1.807) is 24.7 Å². The van der Waals surface area contributed by atoms with E-state index in [9.17, 15) is 0 Å². The van der Waals surface area contributed by atoms with Crippen LogP contribution in [0.2, 0.25) is 0 Å². The van der Waals surface area contributed by atoms with Gasteiger partial charge < -0.3 is 13.9 Å². The van der Waals surface area contributed by atoms with Crippen LogP contribution >= 0.6 is 0 Å². The summed E-state index contributed by atoms with van der Waals surface area (Å²) < 4.78 is 10.3. The van der Waals surface area contributed by atoms with Gasteiger partial charge in [-0.15, -0.1) is 0 Å². The highest BCUT2D eigenvalue weighted by atomic mass is 16.4. The smallest absolute Gasteiger partial charge is 0.262 e. The quantitative estimate of drug-likeness (QED) is 0.810. The number of furan rings is 1. The lowest BCUT2D eigenvalue weighted by Crippen LogP contribution is -1.98. The lowest BCUT2D eigenvalue weighted by molar-refractivity contribution is 0.271. The minimum atomic E-state index is -0.0116. The summed E-state index contributed by atoms with van der Waals surface area (Å²) in [6, 6.07) is 3.55. The Bertz CT molecular complexity index is 391. The molecule has 2 heterocycles. The van der Waals surface area contributed by atoms with E-state index in [0.717, 1.165) is 5.69 Å². The van der Waals surface area contributed by atoms with E-state index in [4.69, 9.17) is 13.9 Å². The second-order valence-electron chi connectivity index (χ2n) is 3.14. The van der Waals surface area contributed by atoms with Crippen LogP contribution in [0.25, 0.3) is 11.7 Å². The first-order valence-electron chi connectivity index (χ1n) is 4.41. The van der Waals surface area contributed by atoms with Crippen LogP contribution in [0.3, 0.4) is 0 Å². The molecule has 1 unspecified atom stereocenters. The summed E-state index contributed by atoms with van der Waals surface area (Å²) in [6.07, 6.45) is 3.10.